The average Bonchev–Trinajstić information content (AvgIpc) is 3.17. The Bertz CT molecular complexity index is 1070. The van der Waals surface area contributed by atoms with Gasteiger partial charge in [-0.05, 0) is 63.4 Å². The van der Waals surface area contributed by atoms with Gasteiger partial charge in [0.1, 0.15) is 11.3 Å². The summed E-state index contributed by atoms with van der Waals surface area (Å²) < 4.78 is 5.88. The Balaban J connectivity index is 1.46. The Morgan fingerprint density at radius 1 is 1.06 bits per heavy atom. The van der Waals surface area contributed by atoms with Crippen LogP contribution in [0.1, 0.15) is 54.9 Å². The van der Waals surface area contributed by atoms with Crippen molar-refractivity contribution in [1.82, 2.24) is 10.6 Å². The van der Waals surface area contributed by atoms with Crippen LogP contribution >= 0.6 is 0 Å². The van der Waals surface area contributed by atoms with E-state index in [1.807, 2.05) is 69.3 Å². The molecule has 162 valence electrons. The van der Waals surface area contributed by atoms with Gasteiger partial charge in [0.2, 0.25) is 5.91 Å². The van der Waals surface area contributed by atoms with E-state index in [1.54, 1.807) is 0 Å². The maximum Gasteiger partial charge on any atom is 0.251 e. The van der Waals surface area contributed by atoms with Crippen LogP contribution in [0, 0.1) is 0 Å². The summed E-state index contributed by atoms with van der Waals surface area (Å²) in [6.07, 6.45) is 1.75. The zero-order valence-corrected chi connectivity index (χ0v) is 18.3. The number of rotatable bonds is 6. The first-order chi connectivity index (χ1) is 14.9. The molecule has 0 spiro atoms. The number of carbonyl (C=O) groups is 2. The van der Waals surface area contributed by atoms with Crippen LogP contribution < -0.4 is 15.5 Å². The second-order valence-electron chi connectivity index (χ2n) is 8.43. The average molecular weight is 420 g/mol. The molecule has 0 radical (unpaired) electrons. The van der Waals surface area contributed by atoms with Gasteiger partial charge in [0.05, 0.1) is 12.6 Å². The van der Waals surface area contributed by atoms with Gasteiger partial charge in [-0.2, -0.15) is 0 Å². The largest absolute Gasteiger partial charge is 0.459 e. The lowest BCUT2D eigenvalue weighted by Crippen LogP contribution is -2.41. The molecule has 6 heteroatoms. The Morgan fingerprint density at radius 2 is 1.87 bits per heavy atom. The van der Waals surface area contributed by atoms with Crippen molar-refractivity contribution in [3.8, 4) is 0 Å². The minimum atomic E-state index is -0.229. The quantitative estimate of drug-likeness (QED) is 0.628. The number of hydrogen-bond donors (Lipinski definition) is 2. The van der Waals surface area contributed by atoms with Gasteiger partial charge in [0.25, 0.3) is 5.91 Å². The van der Waals surface area contributed by atoms with Crippen molar-refractivity contribution in [2.75, 3.05) is 18.0 Å². The van der Waals surface area contributed by atoms with Crippen LogP contribution in [0.25, 0.3) is 11.0 Å². The summed E-state index contributed by atoms with van der Waals surface area (Å²) in [6.45, 7) is 6.86. The highest BCUT2D eigenvalue weighted by molar-refractivity contribution is 5.97. The summed E-state index contributed by atoms with van der Waals surface area (Å²) in [5.74, 6) is 0.607. The van der Waals surface area contributed by atoms with Gasteiger partial charge in [0, 0.05) is 29.2 Å². The molecule has 2 amide bonds. The van der Waals surface area contributed by atoms with E-state index in [0.717, 1.165) is 47.4 Å². The van der Waals surface area contributed by atoms with Crippen LogP contribution in [0.2, 0.25) is 0 Å². The van der Waals surface area contributed by atoms with Crippen LogP contribution in [0.5, 0.6) is 0 Å². The van der Waals surface area contributed by atoms with Crippen molar-refractivity contribution < 1.29 is 14.0 Å². The molecule has 1 aliphatic rings. The van der Waals surface area contributed by atoms with E-state index in [2.05, 4.69) is 15.5 Å². The number of para-hydroxylation sites is 1. The van der Waals surface area contributed by atoms with Crippen molar-refractivity contribution in [2.45, 2.75) is 45.7 Å². The fraction of sp³-hybridized carbons (Fsp3) is 0.360. The van der Waals surface area contributed by atoms with Gasteiger partial charge in [-0.15, -0.1) is 0 Å². The van der Waals surface area contributed by atoms with Crippen molar-refractivity contribution >= 4 is 28.5 Å². The van der Waals surface area contributed by atoms with Crippen LogP contribution in [0.15, 0.2) is 52.9 Å². The fourth-order valence-electron chi connectivity index (χ4n) is 4.17. The zero-order chi connectivity index (χ0) is 22.0. The molecule has 1 unspecified atom stereocenters. The number of benzene rings is 2. The molecule has 6 nitrogen and oxygen atoms in total. The van der Waals surface area contributed by atoms with Gasteiger partial charge in [-0.1, -0.05) is 24.3 Å². The molecule has 4 rings (SSSR count). The maximum atomic E-state index is 12.8. The molecular formula is C25H29N3O3. The number of nitrogens with zero attached hydrogens (tertiary/aromatic N) is 1. The fourth-order valence-corrected chi connectivity index (χ4v) is 4.17. The number of carbonyl (C=O) groups excluding carboxylic acids is 2. The summed E-state index contributed by atoms with van der Waals surface area (Å²) in [4.78, 5) is 27.5. The molecule has 31 heavy (non-hydrogen) atoms. The monoisotopic (exact) mass is 419 g/mol. The van der Waals surface area contributed by atoms with Gasteiger partial charge >= 0.3 is 0 Å². The molecule has 3 aromatic rings. The second kappa shape index (κ2) is 8.84. The summed E-state index contributed by atoms with van der Waals surface area (Å²) in [5.41, 5.74) is 3.50. The molecule has 2 heterocycles. The lowest BCUT2D eigenvalue weighted by atomic mass is 9.95. The normalized spacial score (nSPS) is 14.4. The minimum Gasteiger partial charge on any atom is -0.459 e. The maximum absolute atomic E-state index is 12.8. The molecule has 1 aliphatic heterocycles. The predicted molar refractivity (Wildman–Crippen MR) is 122 cm³/mol. The first kappa shape index (κ1) is 21.0. The van der Waals surface area contributed by atoms with Gasteiger partial charge < -0.3 is 20.0 Å². The first-order valence-electron chi connectivity index (χ1n) is 10.9. The van der Waals surface area contributed by atoms with Gasteiger partial charge in [-0.25, -0.2) is 0 Å². The number of hydrogen-bond acceptors (Lipinski definition) is 4. The number of anilines is 1. The summed E-state index contributed by atoms with van der Waals surface area (Å²) in [6, 6.07) is 15.4. The third kappa shape index (κ3) is 4.58. The SMILES string of the molecule is CC(C)NC(=O)c1cccc2c1CCCN2CC(=O)NC(C)c1cc2ccccc2o1. The van der Waals surface area contributed by atoms with E-state index >= 15 is 0 Å². The third-order valence-electron chi connectivity index (χ3n) is 5.59. The third-order valence-corrected chi connectivity index (χ3v) is 5.59. The molecule has 2 aromatic carbocycles. The van der Waals surface area contributed by atoms with E-state index in [9.17, 15) is 9.59 Å². The smallest absolute Gasteiger partial charge is 0.251 e. The highest BCUT2D eigenvalue weighted by Crippen LogP contribution is 2.30. The molecule has 0 saturated carbocycles. The van der Waals surface area contributed by atoms with Crippen LogP contribution in [-0.4, -0.2) is 30.9 Å². The Hall–Kier alpha value is -3.28. The Kier molecular flexibility index (Phi) is 5.98. The van der Waals surface area contributed by atoms with Crippen molar-refractivity contribution in [1.29, 1.82) is 0 Å². The molecule has 0 fully saturated rings. The Morgan fingerprint density at radius 3 is 2.65 bits per heavy atom. The molecule has 2 N–H and O–H groups in total. The highest BCUT2D eigenvalue weighted by atomic mass is 16.3. The van der Waals surface area contributed by atoms with E-state index in [-0.39, 0.29) is 30.4 Å². The van der Waals surface area contributed by atoms with Crippen molar-refractivity contribution in [3.63, 3.8) is 0 Å². The number of furan rings is 1. The van der Waals surface area contributed by atoms with Gasteiger partial charge in [0.15, 0.2) is 0 Å². The lowest BCUT2D eigenvalue weighted by Gasteiger charge is -2.32. The van der Waals surface area contributed by atoms with Crippen LogP contribution in [-0.2, 0) is 11.2 Å². The molecule has 0 aliphatic carbocycles. The number of fused-ring (bicyclic) bond motifs is 2. The minimum absolute atomic E-state index is 0.0586. The van der Waals surface area contributed by atoms with E-state index in [4.69, 9.17) is 4.42 Å². The van der Waals surface area contributed by atoms with Crippen molar-refractivity contribution in [3.05, 3.63) is 65.4 Å². The molecule has 1 atom stereocenters. The topological polar surface area (TPSA) is 74.6 Å². The second-order valence-corrected chi connectivity index (χ2v) is 8.43. The first-order valence-corrected chi connectivity index (χ1v) is 10.9. The van der Waals surface area contributed by atoms with Crippen molar-refractivity contribution in [2.24, 2.45) is 0 Å². The van der Waals surface area contributed by atoms with E-state index in [1.165, 1.54) is 0 Å². The molecule has 1 aromatic heterocycles. The molecule has 0 saturated heterocycles. The van der Waals surface area contributed by atoms with E-state index < -0.39 is 0 Å². The molecular weight excluding hydrogens is 390 g/mol. The van der Waals surface area contributed by atoms with Gasteiger partial charge in [-0.3, -0.25) is 9.59 Å². The zero-order valence-electron chi connectivity index (χ0n) is 18.3. The van der Waals surface area contributed by atoms with E-state index in [0.29, 0.717) is 5.56 Å². The Labute approximate surface area is 182 Å². The summed E-state index contributed by atoms with van der Waals surface area (Å²) in [5, 5.41) is 7.04. The van der Waals surface area contributed by atoms with Crippen LogP contribution in [0.3, 0.4) is 0 Å². The molecule has 0 bridgehead atoms. The summed E-state index contributed by atoms with van der Waals surface area (Å²) in [7, 11) is 0. The standard InChI is InChI=1S/C25H29N3O3/c1-16(2)26-25(30)20-9-6-11-21-19(20)10-7-13-28(21)15-24(29)27-17(3)23-14-18-8-4-5-12-22(18)31-23/h4-6,8-9,11-12,14,16-17H,7,10,13,15H2,1-3H3,(H,26,30)(H,27,29). The lowest BCUT2D eigenvalue weighted by molar-refractivity contribution is -0.120. The highest BCUT2D eigenvalue weighted by Gasteiger charge is 2.24. The predicted octanol–water partition coefficient (Wildman–Crippen LogP) is 4.20. The number of nitrogens with one attached hydrogen (secondary N) is 2. The van der Waals surface area contributed by atoms with Crippen LogP contribution in [0.4, 0.5) is 5.69 Å². The summed E-state index contributed by atoms with van der Waals surface area (Å²) >= 11 is 0. The number of amides is 2.